The predicted molar refractivity (Wildman–Crippen MR) is 125 cm³/mol. The molecule has 0 saturated carbocycles. The van der Waals surface area contributed by atoms with Crippen molar-refractivity contribution in [3.8, 4) is 0 Å². The molecule has 4 N–H and O–H groups in total. The number of amides is 2. The van der Waals surface area contributed by atoms with Crippen LogP contribution < -0.4 is 16.0 Å². The van der Waals surface area contributed by atoms with Gasteiger partial charge in [0.25, 0.3) is 11.8 Å². The average Bonchev–Trinajstić information content (AvgIpc) is 3.37. The molecule has 0 aliphatic heterocycles. The monoisotopic (exact) mass is 462 g/mol. The number of ether oxygens (including phenoxy) is 3. The smallest absolute Gasteiger partial charge is 0.272 e. The number of carbonyl (C=O) groups is 2. The highest BCUT2D eigenvalue weighted by Gasteiger charge is 2.15. The van der Waals surface area contributed by atoms with Crippen molar-refractivity contribution in [2.75, 3.05) is 58.6 Å². The fourth-order valence-electron chi connectivity index (χ4n) is 2.97. The van der Waals surface area contributed by atoms with E-state index >= 15 is 0 Å². The van der Waals surface area contributed by atoms with E-state index in [-0.39, 0.29) is 11.8 Å². The molecule has 11 heteroatoms. The second-order valence-electron chi connectivity index (χ2n) is 7.31. The van der Waals surface area contributed by atoms with Crippen LogP contribution in [0.4, 0.5) is 5.69 Å². The number of carbonyl (C=O) groups excluding carboxylic acids is 2. The number of nitrogens with one attached hydrogen (secondary N) is 4. The Labute approximate surface area is 193 Å². The molecule has 0 unspecified atom stereocenters. The molecule has 0 spiro atoms. The molecule has 0 aliphatic rings. The SMILES string of the molecule is COCCOCCOCCNC(=N)CCNC(=O)c1cc(NC(=O)c2cccn2C)cn1C. The van der Waals surface area contributed by atoms with Gasteiger partial charge in [-0.05, 0) is 18.2 Å². The number of nitrogens with zero attached hydrogens (tertiary/aromatic N) is 2. The van der Waals surface area contributed by atoms with Gasteiger partial charge >= 0.3 is 0 Å². The van der Waals surface area contributed by atoms with Gasteiger partial charge in [0.1, 0.15) is 11.4 Å². The molecule has 0 radical (unpaired) electrons. The molecule has 182 valence electrons. The summed E-state index contributed by atoms with van der Waals surface area (Å²) >= 11 is 0. The summed E-state index contributed by atoms with van der Waals surface area (Å²) in [4.78, 5) is 24.8. The maximum atomic E-state index is 12.5. The Kier molecular flexibility index (Phi) is 11.1. The van der Waals surface area contributed by atoms with Crippen LogP contribution in [0.25, 0.3) is 0 Å². The Morgan fingerprint density at radius 3 is 2.36 bits per heavy atom. The van der Waals surface area contributed by atoms with Crippen LogP contribution in [0, 0.1) is 5.41 Å². The molecule has 2 aromatic heterocycles. The van der Waals surface area contributed by atoms with Crippen molar-refractivity contribution >= 4 is 23.3 Å². The van der Waals surface area contributed by atoms with Crippen molar-refractivity contribution in [1.29, 1.82) is 5.41 Å². The standard InChI is InChI=1S/C22H34N6O5/c1-27-9-4-5-18(27)22(30)26-17-15-19(28(2)16-17)21(29)25-7-6-20(23)24-8-10-32-13-14-33-12-11-31-3/h4-5,9,15-16H,6-8,10-14H2,1-3H3,(H2,23,24)(H,25,29)(H,26,30). The Balaban J connectivity index is 1.63. The van der Waals surface area contributed by atoms with E-state index in [0.717, 1.165) is 0 Å². The Hall–Kier alpha value is -3.15. The quantitative estimate of drug-likeness (QED) is 0.177. The van der Waals surface area contributed by atoms with Crippen LogP contribution in [0.2, 0.25) is 0 Å². The number of rotatable bonds is 15. The Morgan fingerprint density at radius 2 is 1.67 bits per heavy atom. The van der Waals surface area contributed by atoms with Crippen LogP contribution >= 0.6 is 0 Å². The molecule has 0 saturated heterocycles. The molecule has 0 atom stereocenters. The van der Waals surface area contributed by atoms with Gasteiger partial charge in [-0.2, -0.15) is 0 Å². The zero-order valence-electron chi connectivity index (χ0n) is 19.5. The van der Waals surface area contributed by atoms with Crippen LogP contribution in [0.3, 0.4) is 0 Å². The van der Waals surface area contributed by atoms with Crippen molar-refractivity contribution < 1.29 is 23.8 Å². The van der Waals surface area contributed by atoms with E-state index < -0.39 is 0 Å². The average molecular weight is 463 g/mol. The van der Waals surface area contributed by atoms with E-state index in [2.05, 4.69) is 16.0 Å². The normalized spacial score (nSPS) is 10.8. The largest absolute Gasteiger partial charge is 0.382 e. The van der Waals surface area contributed by atoms with Crippen molar-refractivity contribution in [2.24, 2.45) is 14.1 Å². The first-order valence-corrected chi connectivity index (χ1v) is 10.7. The van der Waals surface area contributed by atoms with Crippen molar-refractivity contribution in [2.45, 2.75) is 6.42 Å². The fraction of sp³-hybridized carbons (Fsp3) is 0.500. The predicted octanol–water partition coefficient (Wildman–Crippen LogP) is 0.982. The zero-order chi connectivity index (χ0) is 24.1. The summed E-state index contributed by atoms with van der Waals surface area (Å²) in [5, 5.41) is 16.5. The number of aromatic nitrogens is 2. The molecule has 0 fully saturated rings. The highest BCUT2D eigenvalue weighted by molar-refractivity contribution is 6.04. The lowest BCUT2D eigenvalue weighted by atomic mass is 10.3. The van der Waals surface area contributed by atoms with E-state index in [4.69, 9.17) is 19.6 Å². The van der Waals surface area contributed by atoms with Crippen LogP contribution in [0.1, 0.15) is 27.4 Å². The van der Waals surface area contributed by atoms with Gasteiger partial charge in [0.15, 0.2) is 0 Å². The lowest BCUT2D eigenvalue weighted by molar-refractivity contribution is 0.0261. The molecule has 0 aliphatic carbocycles. The number of anilines is 1. The van der Waals surface area contributed by atoms with E-state index in [1.807, 2.05) is 0 Å². The van der Waals surface area contributed by atoms with Gasteiger partial charge in [0, 0.05) is 53.1 Å². The third kappa shape index (κ3) is 9.08. The summed E-state index contributed by atoms with van der Waals surface area (Å²) in [5.74, 6) is -0.207. The van der Waals surface area contributed by atoms with Crippen LogP contribution in [-0.4, -0.2) is 80.0 Å². The number of aryl methyl sites for hydroxylation is 2. The number of amidine groups is 1. The third-order valence-electron chi connectivity index (χ3n) is 4.72. The van der Waals surface area contributed by atoms with Gasteiger partial charge in [-0.1, -0.05) is 0 Å². The zero-order valence-corrected chi connectivity index (χ0v) is 19.5. The molecular formula is C22H34N6O5. The lowest BCUT2D eigenvalue weighted by Gasteiger charge is -2.10. The summed E-state index contributed by atoms with van der Waals surface area (Å²) in [7, 11) is 5.15. The second-order valence-corrected chi connectivity index (χ2v) is 7.31. The molecular weight excluding hydrogens is 428 g/mol. The van der Waals surface area contributed by atoms with Gasteiger partial charge in [0.05, 0.1) is 44.6 Å². The minimum atomic E-state index is -0.276. The van der Waals surface area contributed by atoms with Crippen LogP contribution in [0.5, 0.6) is 0 Å². The molecule has 33 heavy (non-hydrogen) atoms. The van der Waals surface area contributed by atoms with E-state index in [1.165, 1.54) is 0 Å². The summed E-state index contributed by atoms with van der Waals surface area (Å²) in [6, 6.07) is 5.13. The summed E-state index contributed by atoms with van der Waals surface area (Å²) in [6.07, 6.45) is 3.84. The Morgan fingerprint density at radius 1 is 0.939 bits per heavy atom. The summed E-state index contributed by atoms with van der Waals surface area (Å²) < 4.78 is 18.9. The van der Waals surface area contributed by atoms with E-state index in [1.54, 1.807) is 60.9 Å². The van der Waals surface area contributed by atoms with Crippen LogP contribution in [0.15, 0.2) is 30.6 Å². The first kappa shape index (κ1) is 26.1. The first-order valence-electron chi connectivity index (χ1n) is 10.7. The molecule has 0 bridgehead atoms. The molecule has 0 aromatic carbocycles. The molecule has 2 heterocycles. The number of methoxy groups -OCH3 is 1. The third-order valence-corrected chi connectivity index (χ3v) is 4.72. The highest BCUT2D eigenvalue weighted by Crippen LogP contribution is 2.14. The molecule has 2 amide bonds. The minimum absolute atomic E-state index is 0.248. The topological polar surface area (TPSA) is 132 Å². The van der Waals surface area contributed by atoms with Gasteiger partial charge in [-0.15, -0.1) is 0 Å². The highest BCUT2D eigenvalue weighted by atomic mass is 16.5. The van der Waals surface area contributed by atoms with Gasteiger partial charge in [-0.3, -0.25) is 15.0 Å². The van der Waals surface area contributed by atoms with Gasteiger partial charge in [0.2, 0.25) is 0 Å². The molecule has 11 nitrogen and oxygen atoms in total. The van der Waals surface area contributed by atoms with Crippen molar-refractivity contribution in [3.63, 3.8) is 0 Å². The Bertz CT molecular complexity index is 907. The minimum Gasteiger partial charge on any atom is -0.382 e. The fourth-order valence-corrected chi connectivity index (χ4v) is 2.97. The maximum Gasteiger partial charge on any atom is 0.272 e. The first-order chi connectivity index (χ1) is 15.9. The maximum absolute atomic E-state index is 12.5. The van der Waals surface area contributed by atoms with Gasteiger partial charge < -0.3 is 39.3 Å². The van der Waals surface area contributed by atoms with E-state index in [9.17, 15) is 9.59 Å². The summed E-state index contributed by atoms with van der Waals surface area (Å²) in [6.45, 7) is 3.37. The van der Waals surface area contributed by atoms with Crippen molar-refractivity contribution in [3.05, 3.63) is 42.0 Å². The number of hydrogen-bond acceptors (Lipinski definition) is 6. The molecule has 2 rings (SSSR count). The molecule has 2 aromatic rings. The van der Waals surface area contributed by atoms with E-state index in [0.29, 0.717) is 75.5 Å². The van der Waals surface area contributed by atoms with Crippen LogP contribution in [-0.2, 0) is 28.3 Å². The number of hydrogen-bond donors (Lipinski definition) is 4. The van der Waals surface area contributed by atoms with Gasteiger partial charge in [-0.25, -0.2) is 0 Å². The van der Waals surface area contributed by atoms with Crippen molar-refractivity contribution in [1.82, 2.24) is 19.8 Å². The summed E-state index contributed by atoms with van der Waals surface area (Å²) in [5.41, 5.74) is 1.47. The lowest BCUT2D eigenvalue weighted by Crippen LogP contribution is -2.32. The second kappa shape index (κ2) is 14.1.